The number of ether oxygens (including phenoxy) is 8. The zero-order chi connectivity index (χ0) is 38.6. The first-order chi connectivity index (χ1) is 25.8. The highest BCUT2D eigenvalue weighted by Crippen LogP contribution is 2.71. The van der Waals surface area contributed by atoms with Crippen LogP contribution in [0.5, 0.6) is 17.2 Å². The molecule has 0 amide bonds. The first-order valence-corrected chi connectivity index (χ1v) is 18.6. The van der Waals surface area contributed by atoms with E-state index in [1.165, 1.54) is 0 Å². The number of fused-ring (bicyclic) bond motifs is 2. The summed E-state index contributed by atoms with van der Waals surface area (Å²) < 4.78 is 48.4. The molecule has 0 radical (unpaired) electrons. The van der Waals surface area contributed by atoms with Crippen molar-refractivity contribution in [1.29, 1.82) is 0 Å². The molecule has 9 nitrogen and oxygen atoms in total. The van der Waals surface area contributed by atoms with E-state index >= 15 is 0 Å². The minimum Gasteiger partial charge on any atom is -0.497 e. The van der Waals surface area contributed by atoms with Crippen molar-refractivity contribution in [2.24, 2.45) is 16.7 Å². The quantitative estimate of drug-likeness (QED) is 0.108. The molecular formula is C45H56O9. The van der Waals surface area contributed by atoms with Crippen molar-refractivity contribution in [1.82, 2.24) is 0 Å². The highest BCUT2D eigenvalue weighted by molar-refractivity contribution is 5.37. The fraction of sp³-hybridized carbons (Fsp3) is 0.467. The van der Waals surface area contributed by atoms with E-state index in [0.29, 0.717) is 19.8 Å². The highest BCUT2D eigenvalue weighted by atomic mass is 16.8. The van der Waals surface area contributed by atoms with Gasteiger partial charge in [0.1, 0.15) is 41.2 Å². The van der Waals surface area contributed by atoms with Crippen LogP contribution in [-0.2, 0) is 43.5 Å². The summed E-state index contributed by atoms with van der Waals surface area (Å²) >= 11 is 0. The first kappa shape index (κ1) is 39.6. The predicted octanol–water partition coefficient (Wildman–Crippen LogP) is 8.34. The Bertz CT molecular complexity index is 1760. The second-order valence-corrected chi connectivity index (χ2v) is 15.6. The molecule has 9 heteroatoms. The van der Waals surface area contributed by atoms with Gasteiger partial charge in [-0.25, -0.2) is 0 Å². The maximum absolute atomic E-state index is 13.4. The van der Waals surface area contributed by atoms with Crippen molar-refractivity contribution in [3.8, 4) is 17.2 Å². The van der Waals surface area contributed by atoms with Gasteiger partial charge in [0, 0.05) is 5.41 Å². The molecule has 1 aliphatic heterocycles. The second kappa shape index (κ2) is 15.9. The monoisotopic (exact) mass is 740 g/mol. The van der Waals surface area contributed by atoms with E-state index in [0.717, 1.165) is 46.8 Å². The van der Waals surface area contributed by atoms with Gasteiger partial charge in [0.05, 0.1) is 53.5 Å². The lowest BCUT2D eigenvalue weighted by molar-refractivity contribution is -0.173. The molecule has 3 aliphatic rings. The van der Waals surface area contributed by atoms with Gasteiger partial charge in [-0.05, 0) is 103 Å². The van der Waals surface area contributed by atoms with Crippen LogP contribution in [0.4, 0.5) is 0 Å². The van der Waals surface area contributed by atoms with Crippen molar-refractivity contribution in [2.45, 2.75) is 89.6 Å². The Morgan fingerprint density at radius 1 is 0.759 bits per heavy atom. The molecule has 2 bridgehead atoms. The zero-order valence-electron chi connectivity index (χ0n) is 32.7. The van der Waals surface area contributed by atoms with Gasteiger partial charge in [-0.2, -0.15) is 0 Å². The van der Waals surface area contributed by atoms with Crippen LogP contribution in [0.15, 0.2) is 110 Å². The highest BCUT2D eigenvalue weighted by Gasteiger charge is 2.74. The summed E-state index contributed by atoms with van der Waals surface area (Å²) in [4.78, 5) is 0. The molecule has 0 spiro atoms. The Hall–Kier alpha value is -4.12. The molecule has 2 saturated carbocycles. The molecule has 3 fully saturated rings. The largest absolute Gasteiger partial charge is 0.497 e. The SMILES string of the molecule is C=C[C@@H](OCc1ccc(OC)cc1)[C@]1(/C=C\[C@@]2(O)[C@H](OCc3ccc(OC)cc3)C3CCC2(/C=C\OCc2ccc(OC)cc2)C3(C)C)COC(C)(C)O1. The number of methoxy groups -OCH3 is 3. The van der Waals surface area contributed by atoms with Crippen LogP contribution in [-0.4, -0.2) is 62.2 Å². The number of rotatable bonds is 17. The van der Waals surface area contributed by atoms with Gasteiger partial charge >= 0.3 is 0 Å². The average molecular weight is 741 g/mol. The Morgan fingerprint density at radius 2 is 1.30 bits per heavy atom. The Balaban J connectivity index is 1.34. The fourth-order valence-electron chi connectivity index (χ4n) is 8.76. The molecule has 290 valence electrons. The van der Waals surface area contributed by atoms with Crippen molar-refractivity contribution in [3.05, 3.63) is 127 Å². The molecule has 1 heterocycles. The third-order valence-electron chi connectivity index (χ3n) is 11.9. The molecule has 0 aromatic heterocycles. The first-order valence-electron chi connectivity index (χ1n) is 18.6. The Morgan fingerprint density at radius 3 is 1.80 bits per heavy atom. The van der Waals surface area contributed by atoms with E-state index in [2.05, 4.69) is 26.5 Å². The van der Waals surface area contributed by atoms with Crippen molar-refractivity contribution in [3.63, 3.8) is 0 Å². The second-order valence-electron chi connectivity index (χ2n) is 15.6. The zero-order valence-corrected chi connectivity index (χ0v) is 32.7. The number of hydrogen-bond donors (Lipinski definition) is 1. The van der Waals surface area contributed by atoms with Crippen LogP contribution < -0.4 is 14.2 Å². The normalized spacial score (nSPS) is 28.7. The lowest BCUT2D eigenvalue weighted by Crippen LogP contribution is -2.54. The minimum atomic E-state index is -1.46. The van der Waals surface area contributed by atoms with Crippen LogP contribution in [0.1, 0.15) is 57.2 Å². The van der Waals surface area contributed by atoms with Crippen LogP contribution in [0.2, 0.25) is 0 Å². The van der Waals surface area contributed by atoms with E-state index in [-0.39, 0.29) is 17.9 Å². The average Bonchev–Trinajstić information content (AvgIpc) is 3.69. The molecule has 2 aliphatic carbocycles. The number of aliphatic hydroxyl groups is 1. The van der Waals surface area contributed by atoms with Gasteiger partial charge in [0.15, 0.2) is 5.79 Å². The van der Waals surface area contributed by atoms with E-state index < -0.39 is 34.6 Å². The van der Waals surface area contributed by atoms with E-state index in [4.69, 9.17) is 37.9 Å². The molecule has 54 heavy (non-hydrogen) atoms. The topological polar surface area (TPSA) is 94.1 Å². The smallest absolute Gasteiger partial charge is 0.164 e. The number of benzene rings is 3. The van der Waals surface area contributed by atoms with Gasteiger partial charge in [-0.1, -0.05) is 62.4 Å². The molecule has 3 aromatic carbocycles. The summed E-state index contributed by atoms with van der Waals surface area (Å²) in [7, 11) is 4.94. The minimum absolute atomic E-state index is 0.0475. The molecule has 1 saturated heterocycles. The molecule has 1 N–H and O–H groups in total. The molecular weight excluding hydrogens is 684 g/mol. The molecule has 6 rings (SSSR count). The summed E-state index contributed by atoms with van der Waals surface area (Å²) in [5, 5.41) is 13.4. The van der Waals surface area contributed by atoms with Crippen LogP contribution in [0, 0.1) is 16.7 Å². The lowest BCUT2D eigenvalue weighted by Gasteiger charge is -2.46. The fourth-order valence-corrected chi connectivity index (χ4v) is 8.76. The molecule has 2 unspecified atom stereocenters. The van der Waals surface area contributed by atoms with Gasteiger partial charge in [0.25, 0.3) is 0 Å². The Labute approximate surface area is 320 Å². The van der Waals surface area contributed by atoms with Crippen LogP contribution in [0.25, 0.3) is 0 Å². The van der Waals surface area contributed by atoms with E-state index in [9.17, 15) is 5.11 Å². The van der Waals surface area contributed by atoms with E-state index in [1.807, 2.05) is 98.8 Å². The van der Waals surface area contributed by atoms with Gasteiger partial charge in [-0.15, -0.1) is 6.58 Å². The standard InChI is InChI=1S/C45H56O9/c1-9-39(51-29-33-12-18-36(48-7)19-13-33)43(31-53-42(4,5)54-43)24-25-45(46)40(52-30-34-14-20-37(49-8)21-15-34)38-22-23-44(45,41(38,2)3)26-27-50-28-32-10-16-35(47-6)17-11-32/h9-21,24-27,38-40,46H,1,22-23,28-31H2,2-8H3/b25-24-,27-26-/t38?,39-,40-,43+,44?,45-/m1/s1. The summed E-state index contributed by atoms with van der Waals surface area (Å²) in [5.74, 6) is 1.48. The van der Waals surface area contributed by atoms with Crippen LogP contribution in [0.3, 0.4) is 0 Å². The van der Waals surface area contributed by atoms with Crippen LogP contribution >= 0.6 is 0 Å². The summed E-state index contributed by atoms with van der Waals surface area (Å²) in [6, 6.07) is 23.4. The summed E-state index contributed by atoms with van der Waals surface area (Å²) in [6.07, 6.45) is 9.85. The van der Waals surface area contributed by atoms with Crippen molar-refractivity contribution < 1.29 is 43.0 Å². The third-order valence-corrected chi connectivity index (χ3v) is 11.9. The molecule has 6 atom stereocenters. The molecule has 3 aromatic rings. The van der Waals surface area contributed by atoms with Crippen molar-refractivity contribution >= 4 is 0 Å². The third kappa shape index (κ3) is 7.57. The van der Waals surface area contributed by atoms with Gasteiger partial charge < -0.3 is 43.0 Å². The summed E-state index contributed by atoms with van der Waals surface area (Å²) in [5.41, 5.74) is -0.684. The van der Waals surface area contributed by atoms with Crippen molar-refractivity contribution in [2.75, 3.05) is 27.9 Å². The van der Waals surface area contributed by atoms with Gasteiger partial charge in [-0.3, -0.25) is 0 Å². The maximum Gasteiger partial charge on any atom is 0.164 e. The maximum atomic E-state index is 13.4. The predicted molar refractivity (Wildman–Crippen MR) is 207 cm³/mol. The van der Waals surface area contributed by atoms with Gasteiger partial charge in [0.2, 0.25) is 0 Å². The van der Waals surface area contributed by atoms with E-state index in [1.54, 1.807) is 33.7 Å². The number of hydrogen-bond acceptors (Lipinski definition) is 9. The Kier molecular flexibility index (Phi) is 11.7. The lowest BCUT2D eigenvalue weighted by atomic mass is 9.62. The summed E-state index contributed by atoms with van der Waals surface area (Å²) in [6.45, 7) is 13.6.